The SMILES string of the molecule is C#CCOc1c(Cl)cc(/C=N/NC(=O)C(NC(=O)c2ccc3c(c2)OCO3)C(C)C)cc1OC. The molecule has 0 saturated heterocycles. The molecule has 2 N–H and O–H groups in total. The number of carbonyl (C=O) groups excluding carboxylic acids is 2. The summed E-state index contributed by atoms with van der Waals surface area (Å²) in [5.74, 6) is 2.99. The van der Waals surface area contributed by atoms with Gasteiger partial charge in [0, 0.05) is 5.56 Å². The van der Waals surface area contributed by atoms with E-state index < -0.39 is 17.9 Å². The van der Waals surface area contributed by atoms with Crippen molar-refractivity contribution in [2.24, 2.45) is 11.0 Å². The van der Waals surface area contributed by atoms with Crippen molar-refractivity contribution in [1.82, 2.24) is 10.7 Å². The number of rotatable bonds is 9. The average molecular weight is 486 g/mol. The van der Waals surface area contributed by atoms with Gasteiger partial charge in [0.1, 0.15) is 12.6 Å². The number of hydrazone groups is 1. The zero-order valence-corrected chi connectivity index (χ0v) is 19.6. The molecule has 1 atom stereocenters. The average Bonchev–Trinajstić information content (AvgIpc) is 3.29. The third-order valence-electron chi connectivity index (χ3n) is 4.81. The number of methoxy groups -OCH3 is 1. The molecule has 178 valence electrons. The van der Waals surface area contributed by atoms with Crippen molar-refractivity contribution < 1.29 is 28.5 Å². The van der Waals surface area contributed by atoms with Crippen LogP contribution in [0.3, 0.4) is 0 Å². The van der Waals surface area contributed by atoms with E-state index in [-0.39, 0.29) is 24.3 Å². The number of amides is 2. The number of benzene rings is 2. The molecule has 0 saturated carbocycles. The molecule has 0 aromatic heterocycles. The summed E-state index contributed by atoms with van der Waals surface area (Å²) >= 11 is 6.25. The minimum absolute atomic E-state index is 0.0359. The topological polar surface area (TPSA) is 107 Å². The van der Waals surface area contributed by atoms with E-state index in [1.54, 1.807) is 30.3 Å². The van der Waals surface area contributed by atoms with E-state index in [2.05, 4.69) is 21.8 Å². The fourth-order valence-corrected chi connectivity index (χ4v) is 3.38. The molecule has 2 aromatic rings. The van der Waals surface area contributed by atoms with Crippen molar-refractivity contribution in [3.8, 4) is 35.3 Å². The van der Waals surface area contributed by atoms with Gasteiger partial charge in [-0.15, -0.1) is 6.42 Å². The molecule has 2 amide bonds. The molecule has 10 heteroatoms. The highest BCUT2D eigenvalue weighted by Gasteiger charge is 2.25. The number of hydrogen-bond acceptors (Lipinski definition) is 7. The van der Waals surface area contributed by atoms with E-state index in [4.69, 9.17) is 37.0 Å². The number of halogens is 1. The van der Waals surface area contributed by atoms with Gasteiger partial charge in [0.2, 0.25) is 6.79 Å². The summed E-state index contributed by atoms with van der Waals surface area (Å²) < 4.78 is 21.2. The Morgan fingerprint density at radius 2 is 2.03 bits per heavy atom. The molecular formula is C24H24ClN3O6. The molecule has 1 aliphatic heterocycles. The van der Waals surface area contributed by atoms with Crippen LogP contribution in [-0.2, 0) is 4.79 Å². The predicted octanol–water partition coefficient (Wildman–Crippen LogP) is 2.99. The number of nitrogens with one attached hydrogen (secondary N) is 2. The molecule has 2 aromatic carbocycles. The molecule has 9 nitrogen and oxygen atoms in total. The Morgan fingerprint density at radius 3 is 2.74 bits per heavy atom. The van der Waals surface area contributed by atoms with Gasteiger partial charge in [0.25, 0.3) is 11.8 Å². The Kier molecular flexibility index (Phi) is 8.22. The summed E-state index contributed by atoms with van der Waals surface area (Å²) in [4.78, 5) is 25.4. The maximum Gasteiger partial charge on any atom is 0.262 e. The molecule has 0 fully saturated rings. The van der Waals surface area contributed by atoms with E-state index in [9.17, 15) is 9.59 Å². The third-order valence-corrected chi connectivity index (χ3v) is 5.09. The summed E-state index contributed by atoms with van der Waals surface area (Å²) in [6.07, 6.45) is 6.61. The van der Waals surface area contributed by atoms with Crippen molar-refractivity contribution in [3.05, 3.63) is 46.5 Å². The third kappa shape index (κ3) is 5.91. The Labute approximate surface area is 202 Å². The summed E-state index contributed by atoms with van der Waals surface area (Å²) in [6, 6.07) is 7.22. The highest BCUT2D eigenvalue weighted by Crippen LogP contribution is 2.36. The van der Waals surface area contributed by atoms with Gasteiger partial charge in [0.05, 0.1) is 18.3 Å². The van der Waals surface area contributed by atoms with Crippen molar-refractivity contribution in [2.45, 2.75) is 19.9 Å². The standard InChI is InChI=1S/C24H24ClN3O6/c1-5-8-32-22-17(25)9-15(10-20(22)31-4)12-26-28-24(30)21(14(2)3)27-23(29)16-6-7-18-19(11-16)34-13-33-18/h1,6-7,9-12,14,21H,8,13H2,2-4H3,(H,27,29)(H,28,30)/b26-12+. The first-order chi connectivity index (χ1) is 16.3. The fourth-order valence-electron chi connectivity index (χ4n) is 3.11. The van der Waals surface area contributed by atoms with E-state index in [0.29, 0.717) is 34.1 Å². The highest BCUT2D eigenvalue weighted by atomic mass is 35.5. The zero-order valence-electron chi connectivity index (χ0n) is 18.9. The van der Waals surface area contributed by atoms with Crippen LogP contribution in [0.15, 0.2) is 35.4 Å². The molecule has 0 spiro atoms. The number of nitrogens with zero attached hydrogens (tertiary/aromatic N) is 1. The van der Waals surface area contributed by atoms with Crippen LogP contribution in [0.4, 0.5) is 0 Å². The maximum atomic E-state index is 12.7. The van der Waals surface area contributed by atoms with Gasteiger partial charge in [0.15, 0.2) is 23.0 Å². The highest BCUT2D eigenvalue weighted by molar-refractivity contribution is 6.32. The van der Waals surface area contributed by atoms with E-state index in [1.165, 1.54) is 13.3 Å². The first-order valence-corrected chi connectivity index (χ1v) is 10.7. The Bertz CT molecular complexity index is 1140. The lowest BCUT2D eigenvalue weighted by molar-refractivity contribution is -0.123. The number of fused-ring (bicyclic) bond motifs is 1. The number of ether oxygens (including phenoxy) is 4. The number of hydrogen-bond donors (Lipinski definition) is 2. The van der Waals surface area contributed by atoms with Crippen LogP contribution in [0.1, 0.15) is 29.8 Å². The Hall–Kier alpha value is -3.90. The fraction of sp³-hybridized carbons (Fsp3) is 0.292. The second-order valence-electron chi connectivity index (χ2n) is 7.52. The van der Waals surface area contributed by atoms with Crippen LogP contribution in [0, 0.1) is 18.3 Å². The zero-order chi connectivity index (χ0) is 24.7. The predicted molar refractivity (Wildman–Crippen MR) is 127 cm³/mol. The van der Waals surface area contributed by atoms with Gasteiger partial charge < -0.3 is 24.3 Å². The lowest BCUT2D eigenvalue weighted by atomic mass is 10.0. The summed E-state index contributed by atoms with van der Waals surface area (Å²) in [5.41, 5.74) is 3.35. The molecule has 1 heterocycles. The first-order valence-electron chi connectivity index (χ1n) is 10.3. The van der Waals surface area contributed by atoms with Gasteiger partial charge in [-0.25, -0.2) is 5.43 Å². The molecule has 0 radical (unpaired) electrons. The van der Waals surface area contributed by atoms with Crippen molar-refractivity contribution >= 4 is 29.6 Å². The van der Waals surface area contributed by atoms with Gasteiger partial charge in [-0.1, -0.05) is 31.4 Å². The minimum atomic E-state index is -0.826. The van der Waals surface area contributed by atoms with Crippen LogP contribution < -0.4 is 29.7 Å². The van der Waals surface area contributed by atoms with Crippen molar-refractivity contribution in [1.29, 1.82) is 0 Å². The molecule has 3 rings (SSSR count). The van der Waals surface area contributed by atoms with E-state index >= 15 is 0 Å². The largest absolute Gasteiger partial charge is 0.493 e. The molecule has 1 aliphatic rings. The normalized spacial score (nSPS) is 12.8. The first kappa shape index (κ1) is 24.7. The lowest BCUT2D eigenvalue weighted by Gasteiger charge is -2.20. The second-order valence-corrected chi connectivity index (χ2v) is 7.93. The van der Waals surface area contributed by atoms with Gasteiger partial charge in [-0.3, -0.25) is 9.59 Å². The summed E-state index contributed by atoms with van der Waals surface area (Å²) in [7, 11) is 1.47. The van der Waals surface area contributed by atoms with Gasteiger partial charge >= 0.3 is 0 Å². The maximum absolute atomic E-state index is 12.7. The molecular weight excluding hydrogens is 462 g/mol. The second kappa shape index (κ2) is 11.3. The summed E-state index contributed by atoms with van der Waals surface area (Å²) in [5, 5.41) is 6.99. The molecule has 1 unspecified atom stereocenters. The van der Waals surface area contributed by atoms with Crippen LogP contribution in [0.2, 0.25) is 5.02 Å². The van der Waals surface area contributed by atoms with E-state index in [1.807, 2.05) is 13.8 Å². The molecule has 34 heavy (non-hydrogen) atoms. The van der Waals surface area contributed by atoms with Crippen LogP contribution in [-0.4, -0.2) is 44.6 Å². The summed E-state index contributed by atoms with van der Waals surface area (Å²) in [6.45, 7) is 3.77. The van der Waals surface area contributed by atoms with Gasteiger partial charge in [-0.2, -0.15) is 5.10 Å². The molecule has 0 bridgehead atoms. The molecule has 0 aliphatic carbocycles. The Morgan fingerprint density at radius 1 is 1.26 bits per heavy atom. The van der Waals surface area contributed by atoms with Crippen molar-refractivity contribution in [3.63, 3.8) is 0 Å². The van der Waals surface area contributed by atoms with Crippen LogP contribution in [0.5, 0.6) is 23.0 Å². The number of carbonyl (C=O) groups is 2. The smallest absolute Gasteiger partial charge is 0.262 e. The monoisotopic (exact) mass is 485 g/mol. The van der Waals surface area contributed by atoms with Crippen LogP contribution in [0.25, 0.3) is 0 Å². The van der Waals surface area contributed by atoms with Crippen LogP contribution >= 0.6 is 11.6 Å². The van der Waals surface area contributed by atoms with E-state index in [0.717, 1.165) is 0 Å². The minimum Gasteiger partial charge on any atom is -0.493 e. The Balaban J connectivity index is 1.66. The van der Waals surface area contributed by atoms with Gasteiger partial charge in [-0.05, 0) is 41.8 Å². The lowest BCUT2D eigenvalue weighted by Crippen LogP contribution is -2.48. The quantitative estimate of drug-likeness (QED) is 0.321. The van der Waals surface area contributed by atoms with Crippen molar-refractivity contribution in [2.75, 3.05) is 20.5 Å². The number of terminal acetylenes is 1.